The van der Waals surface area contributed by atoms with Gasteiger partial charge in [0.2, 0.25) is 0 Å². The van der Waals surface area contributed by atoms with Crippen molar-refractivity contribution >= 4 is 22.7 Å². The Labute approximate surface area is 172 Å². The number of hydrogen-bond donors (Lipinski definition) is 0. The summed E-state index contributed by atoms with van der Waals surface area (Å²) in [6, 6.07) is 8.09. The Morgan fingerprint density at radius 1 is 0.931 bits per heavy atom. The number of likely N-dealkylation sites (tertiary alicyclic amines) is 1. The predicted octanol–water partition coefficient (Wildman–Crippen LogP) is 4.54. The van der Waals surface area contributed by atoms with Gasteiger partial charge in [0, 0.05) is 36.6 Å². The molecule has 2 aromatic rings. The molecule has 1 saturated heterocycles. The van der Waals surface area contributed by atoms with Crippen molar-refractivity contribution < 1.29 is 9.59 Å². The van der Waals surface area contributed by atoms with Gasteiger partial charge in [-0.15, -0.1) is 0 Å². The van der Waals surface area contributed by atoms with Crippen LogP contribution in [0, 0.1) is 0 Å². The van der Waals surface area contributed by atoms with Crippen LogP contribution in [0.15, 0.2) is 24.3 Å². The van der Waals surface area contributed by atoms with E-state index in [4.69, 9.17) is 4.98 Å². The van der Waals surface area contributed by atoms with Crippen molar-refractivity contribution in [3.63, 3.8) is 0 Å². The molecule has 0 unspecified atom stereocenters. The first kappa shape index (κ1) is 18.6. The van der Waals surface area contributed by atoms with Gasteiger partial charge in [-0.05, 0) is 31.7 Å². The Bertz CT molecular complexity index is 941. The second-order valence-corrected chi connectivity index (χ2v) is 8.76. The maximum atomic E-state index is 13.7. The zero-order valence-electron chi connectivity index (χ0n) is 17.0. The maximum Gasteiger partial charge on any atom is 0.273 e. The molecule has 2 aliphatic heterocycles. The number of amides is 2. The number of carbonyl (C=O) groups is 2. The Balaban J connectivity index is 1.59. The molecule has 3 heterocycles. The van der Waals surface area contributed by atoms with E-state index in [0.29, 0.717) is 12.2 Å². The molecule has 0 N–H and O–H groups in total. The summed E-state index contributed by atoms with van der Waals surface area (Å²) in [5.74, 6) is 0.0996. The summed E-state index contributed by atoms with van der Waals surface area (Å²) in [4.78, 5) is 35.7. The van der Waals surface area contributed by atoms with Crippen molar-refractivity contribution in [2.75, 3.05) is 13.1 Å². The number of hydrogen-bond acceptors (Lipinski definition) is 3. The fourth-order valence-corrected chi connectivity index (χ4v) is 5.32. The zero-order valence-corrected chi connectivity index (χ0v) is 17.0. The fourth-order valence-electron chi connectivity index (χ4n) is 5.32. The van der Waals surface area contributed by atoms with Crippen molar-refractivity contribution in [2.24, 2.45) is 0 Å². The van der Waals surface area contributed by atoms with E-state index in [0.717, 1.165) is 60.8 Å². The van der Waals surface area contributed by atoms with Crippen molar-refractivity contribution in [2.45, 2.75) is 70.4 Å². The van der Waals surface area contributed by atoms with Gasteiger partial charge in [0.05, 0.1) is 11.1 Å². The number of nitrogens with zero attached hydrogens (tertiary/aromatic N) is 3. The minimum Gasteiger partial charge on any atom is -0.339 e. The molecule has 2 amide bonds. The van der Waals surface area contributed by atoms with E-state index in [1.807, 2.05) is 34.1 Å². The van der Waals surface area contributed by atoms with Crippen molar-refractivity contribution in [3.8, 4) is 0 Å². The van der Waals surface area contributed by atoms with Crippen LogP contribution in [0.5, 0.6) is 0 Å². The van der Waals surface area contributed by atoms with E-state index < -0.39 is 0 Å². The molecule has 5 rings (SSSR count). The zero-order chi connectivity index (χ0) is 19.8. The van der Waals surface area contributed by atoms with Gasteiger partial charge in [0.25, 0.3) is 11.8 Å². The predicted molar refractivity (Wildman–Crippen MR) is 113 cm³/mol. The Hall–Kier alpha value is -2.43. The number of carbonyl (C=O) groups excluding carboxylic acids is 2. The lowest BCUT2D eigenvalue weighted by molar-refractivity contribution is 0.0653. The number of aromatic nitrogens is 1. The molecule has 0 radical (unpaired) electrons. The average molecular weight is 392 g/mol. The molecule has 2 fully saturated rings. The fraction of sp³-hybridized carbons (Fsp3) is 0.542. The lowest BCUT2D eigenvalue weighted by Gasteiger charge is -2.30. The summed E-state index contributed by atoms with van der Waals surface area (Å²) in [6.45, 7) is 2.15. The van der Waals surface area contributed by atoms with Crippen LogP contribution < -0.4 is 0 Å². The second kappa shape index (κ2) is 7.77. The summed E-state index contributed by atoms with van der Waals surface area (Å²) in [6.07, 6.45) is 10.2. The molecule has 1 aromatic heterocycles. The SMILES string of the molecule is O=C(c1c2c(nc3ccccc13)C(=O)N(C1CCCCC1)C2)N1CCCCCC1. The molecular weight excluding hydrogens is 362 g/mol. The quantitative estimate of drug-likeness (QED) is 0.755. The molecule has 5 heteroatoms. The van der Waals surface area contributed by atoms with Crippen LogP contribution in [0.2, 0.25) is 0 Å². The highest BCUT2D eigenvalue weighted by Crippen LogP contribution is 2.35. The first-order valence-electron chi connectivity index (χ1n) is 11.3. The van der Waals surface area contributed by atoms with Crippen molar-refractivity contribution in [1.82, 2.24) is 14.8 Å². The van der Waals surface area contributed by atoms with Gasteiger partial charge in [-0.25, -0.2) is 4.98 Å². The standard InChI is InChI=1S/C24H29N3O2/c28-23(26-14-8-1-2-9-15-26)21-18-12-6-7-13-20(18)25-22-19(21)16-27(24(22)29)17-10-4-3-5-11-17/h6-7,12-13,17H,1-5,8-11,14-16H2. The first-order valence-corrected chi connectivity index (χ1v) is 11.3. The smallest absolute Gasteiger partial charge is 0.273 e. The molecule has 0 spiro atoms. The lowest BCUT2D eigenvalue weighted by atomic mass is 9.94. The molecule has 0 bridgehead atoms. The maximum absolute atomic E-state index is 13.7. The van der Waals surface area contributed by atoms with Gasteiger partial charge in [-0.2, -0.15) is 0 Å². The number of para-hydroxylation sites is 1. The monoisotopic (exact) mass is 391 g/mol. The molecule has 1 aromatic carbocycles. The van der Waals surface area contributed by atoms with Crippen LogP contribution >= 0.6 is 0 Å². The average Bonchev–Trinajstić information content (AvgIpc) is 2.94. The summed E-state index contributed by atoms with van der Waals surface area (Å²) < 4.78 is 0. The summed E-state index contributed by atoms with van der Waals surface area (Å²) in [5, 5.41) is 0.888. The molecule has 3 aliphatic rings. The van der Waals surface area contributed by atoms with Gasteiger partial charge in [-0.1, -0.05) is 50.3 Å². The van der Waals surface area contributed by atoms with Gasteiger partial charge >= 0.3 is 0 Å². The van der Waals surface area contributed by atoms with Crippen LogP contribution in [0.4, 0.5) is 0 Å². The van der Waals surface area contributed by atoms with E-state index in [2.05, 4.69) is 0 Å². The molecule has 152 valence electrons. The second-order valence-electron chi connectivity index (χ2n) is 8.76. The highest BCUT2D eigenvalue weighted by Gasteiger charge is 2.38. The third-order valence-corrected chi connectivity index (χ3v) is 6.91. The van der Waals surface area contributed by atoms with E-state index in [9.17, 15) is 9.59 Å². The number of rotatable bonds is 2. The molecular formula is C24H29N3O2. The minimum atomic E-state index is 0.0163. The Kier molecular flexibility index (Phi) is 4.98. The van der Waals surface area contributed by atoms with Crippen molar-refractivity contribution in [3.05, 3.63) is 41.1 Å². The molecule has 29 heavy (non-hydrogen) atoms. The first-order chi connectivity index (χ1) is 14.2. The normalized spacial score (nSPS) is 20.8. The Morgan fingerprint density at radius 2 is 1.62 bits per heavy atom. The van der Waals surface area contributed by atoms with Gasteiger partial charge in [0.15, 0.2) is 0 Å². The van der Waals surface area contributed by atoms with Gasteiger partial charge in [-0.3, -0.25) is 9.59 Å². The highest BCUT2D eigenvalue weighted by molar-refractivity contribution is 6.11. The highest BCUT2D eigenvalue weighted by atomic mass is 16.2. The van der Waals surface area contributed by atoms with E-state index >= 15 is 0 Å². The van der Waals surface area contributed by atoms with Gasteiger partial charge in [0.1, 0.15) is 5.69 Å². The Morgan fingerprint density at radius 3 is 2.38 bits per heavy atom. The van der Waals surface area contributed by atoms with Crippen LogP contribution in [-0.4, -0.2) is 45.7 Å². The van der Waals surface area contributed by atoms with Crippen LogP contribution in [0.1, 0.15) is 84.2 Å². The molecule has 0 atom stereocenters. The number of pyridine rings is 1. The van der Waals surface area contributed by atoms with Crippen LogP contribution in [-0.2, 0) is 6.54 Å². The van der Waals surface area contributed by atoms with Crippen molar-refractivity contribution in [1.29, 1.82) is 0 Å². The number of benzene rings is 1. The largest absolute Gasteiger partial charge is 0.339 e. The summed E-state index contributed by atoms with van der Waals surface area (Å²) in [5.41, 5.74) is 2.84. The lowest BCUT2D eigenvalue weighted by Crippen LogP contribution is -2.37. The molecule has 1 aliphatic carbocycles. The summed E-state index contributed by atoms with van der Waals surface area (Å²) in [7, 11) is 0. The van der Waals surface area contributed by atoms with Crippen LogP contribution in [0.3, 0.4) is 0 Å². The number of fused-ring (bicyclic) bond motifs is 2. The molecule has 5 nitrogen and oxygen atoms in total. The third-order valence-electron chi connectivity index (χ3n) is 6.91. The van der Waals surface area contributed by atoms with E-state index in [1.165, 1.54) is 32.1 Å². The summed E-state index contributed by atoms with van der Waals surface area (Å²) >= 11 is 0. The van der Waals surface area contributed by atoms with Crippen LogP contribution in [0.25, 0.3) is 10.9 Å². The van der Waals surface area contributed by atoms with E-state index in [1.54, 1.807) is 0 Å². The van der Waals surface area contributed by atoms with Gasteiger partial charge < -0.3 is 9.80 Å². The third kappa shape index (κ3) is 3.30. The minimum absolute atomic E-state index is 0.0163. The topological polar surface area (TPSA) is 53.5 Å². The molecule has 1 saturated carbocycles. The van der Waals surface area contributed by atoms with E-state index in [-0.39, 0.29) is 17.9 Å².